The molecule has 0 aromatic carbocycles. The van der Waals surface area contributed by atoms with Crippen molar-refractivity contribution in [3.63, 3.8) is 0 Å². The predicted octanol–water partition coefficient (Wildman–Crippen LogP) is 2.14. The number of rotatable bonds is 1. The summed E-state index contributed by atoms with van der Waals surface area (Å²) in [5.74, 6) is -1.33. The van der Waals surface area contributed by atoms with Crippen molar-refractivity contribution in [2.24, 2.45) is 17.3 Å². The fourth-order valence-electron chi connectivity index (χ4n) is 3.79. The van der Waals surface area contributed by atoms with Crippen molar-refractivity contribution in [3.8, 4) is 0 Å². The minimum absolute atomic E-state index is 0.0508. The van der Waals surface area contributed by atoms with E-state index in [-0.39, 0.29) is 29.6 Å². The van der Waals surface area contributed by atoms with E-state index in [9.17, 15) is 9.90 Å². The number of carbonyl (C=O) groups is 1. The molecule has 104 valence electrons. The van der Waals surface area contributed by atoms with Crippen molar-refractivity contribution >= 4 is 5.78 Å². The summed E-state index contributed by atoms with van der Waals surface area (Å²) < 4.78 is 0. The van der Waals surface area contributed by atoms with Crippen molar-refractivity contribution in [3.05, 3.63) is 23.3 Å². The molecule has 0 amide bonds. The Bertz CT molecular complexity index is 490. The summed E-state index contributed by atoms with van der Waals surface area (Å²) in [5, 5.41) is 11.0. The van der Waals surface area contributed by atoms with Crippen molar-refractivity contribution in [2.75, 3.05) is 6.61 Å². The van der Waals surface area contributed by atoms with Crippen LogP contribution in [0, 0.1) is 17.3 Å². The third-order valence-electron chi connectivity index (χ3n) is 4.80. The number of aliphatic hydroxyl groups is 1. The van der Waals surface area contributed by atoms with Gasteiger partial charge in [-0.05, 0) is 24.8 Å². The van der Waals surface area contributed by atoms with Crippen LogP contribution in [-0.2, 0) is 14.6 Å². The van der Waals surface area contributed by atoms with Gasteiger partial charge in [-0.1, -0.05) is 26.8 Å². The molecule has 0 aromatic rings. The molecular weight excluding hydrogens is 244 g/mol. The Hall–Kier alpha value is -0.970. The van der Waals surface area contributed by atoms with Gasteiger partial charge in [-0.25, -0.2) is 4.89 Å². The average molecular weight is 264 g/mol. The number of carbonyl (C=O) groups excluding carboxylic acids is 1. The summed E-state index contributed by atoms with van der Waals surface area (Å²) in [6, 6.07) is 0. The molecule has 0 aromatic heterocycles. The molecule has 4 nitrogen and oxygen atoms in total. The van der Waals surface area contributed by atoms with Crippen LogP contribution in [0.3, 0.4) is 0 Å². The zero-order valence-electron chi connectivity index (χ0n) is 11.6. The van der Waals surface area contributed by atoms with E-state index in [1.807, 2.05) is 6.08 Å². The molecular formula is C15H20O4. The molecule has 0 bridgehead atoms. The van der Waals surface area contributed by atoms with E-state index in [1.54, 1.807) is 6.08 Å². The van der Waals surface area contributed by atoms with Crippen LogP contribution in [0.2, 0.25) is 0 Å². The van der Waals surface area contributed by atoms with Gasteiger partial charge in [0.05, 0.1) is 0 Å². The normalized spacial score (nSPS) is 41.7. The van der Waals surface area contributed by atoms with E-state index in [0.29, 0.717) is 5.57 Å². The van der Waals surface area contributed by atoms with Gasteiger partial charge in [-0.15, -0.1) is 0 Å². The van der Waals surface area contributed by atoms with Gasteiger partial charge in [0, 0.05) is 22.5 Å². The molecule has 1 heterocycles. The molecule has 3 rings (SSSR count). The number of hydrogen-bond donors (Lipinski definition) is 1. The fraction of sp³-hybridized carbons (Fsp3) is 0.667. The maximum atomic E-state index is 12.0. The SMILES string of the molecule is CC(C)C1CCC2(C)C=CC(=O)C3=C2C1(O)OOC3. The highest BCUT2D eigenvalue weighted by Crippen LogP contribution is 2.56. The maximum Gasteiger partial charge on any atom is 0.226 e. The first-order valence-electron chi connectivity index (χ1n) is 6.89. The summed E-state index contributed by atoms with van der Waals surface area (Å²) >= 11 is 0. The molecule has 0 radical (unpaired) electrons. The Kier molecular flexibility index (Phi) is 2.75. The van der Waals surface area contributed by atoms with E-state index in [1.165, 1.54) is 0 Å². The van der Waals surface area contributed by atoms with Crippen LogP contribution >= 0.6 is 0 Å². The predicted molar refractivity (Wildman–Crippen MR) is 68.8 cm³/mol. The van der Waals surface area contributed by atoms with E-state index in [2.05, 4.69) is 20.8 Å². The first-order valence-corrected chi connectivity index (χ1v) is 6.89. The quantitative estimate of drug-likeness (QED) is 0.737. The summed E-state index contributed by atoms with van der Waals surface area (Å²) in [6.45, 7) is 6.30. The molecule has 3 aliphatic rings. The molecule has 0 saturated heterocycles. The average Bonchev–Trinajstić information content (AvgIpc) is 2.33. The molecule has 3 unspecified atom stereocenters. The fourth-order valence-corrected chi connectivity index (χ4v) is 3.79. The van der Waals surface area contributed by atoms with Crippen LogP contribution in [0.25, 0.3) is 0 Å². The van der Waals surface area contributed by atoms with Gasteiger partial charge < -0.3 is 5.11 Å². The Morgan fingerprint density at radius 3 is 2.89 bits per heavy atom. The second-order valence-electron chi connectivity index (χ2n) is 6.40. The molecule has 3 atom stereocenters. The number of allylic oxidation sites excluding steroid dienone is 2. The zero-order valence-corrected chi connectivity index (χ0v) is 11.6. The Balaban J connectivity index is 2.18. The first kappa shape index (κ1) is 13.0. The van der Waals surface area contributed by atoms with Crippen LogP contribution < -0.4 is 0 Å². The topological polar surface area (TPSA) is 55.8 Å². The first-order chi connectivity index (χ1) is 8.88. The highest BCUT2D eigenvalue weighted by Gasteiger charge is 2.58. The molecule has 1 N–H and O–H groups in total. The Morgan fingerprint density at radius 2 is 2.21 bits per heavy atom. The van der Waals surface area contributed by atoms with E-state index in [4.69, 9.17) is 9.78 Å². The maximum absolute atomic E-state index is 12.0. The third-order valence-corrected chi connectivity index (χ3v) is 4.80. The Labute approximate surface area is 113 Å². The van der Waals surface area contributed by atoms with Crippen LogP contribution in [0.15, 0.2) is 23.3 Å². The summed E-state index contributed by atoms with van der Waals surface area (Å²) in [7, 11) is 0. The lowest BCUT2D eigenvalue weighted by Gasteiger charge is -2.52. The van der Waals surface area contributed by atoms with Gasteiger partial charge in [-0.3, -0.25) is 4.79 Å². The van der Waals surface area contributed by atoms with Crippen molar-refractivity contribution in [1.29, 1.82) is 0 Å². The third kappa shape index (κ3) is 1.67. The molecule has 1 aliphatic heterocycles. The largest absolute Gasteiger partial charge is 0.360 e. The molecule has 4 heteroatoms. The molecule has 19 heavy (non-hydrogen) atoms. The minimum Gasteiger partial charge on any atom is -0.360 e. The second kappa shape index (κ2) is 4.01. The number of ketones is 1. The van der Waals surface area contributed by atoms with Gasteiger partial charge in [0.15, 0.2) is 5.78 Å². The highest BCUT2D eigenvalue weighted by molar-refractivity contribution is 6.06. The van der Waals surface area contributed by atoms with Gasteiger partial charge in [0.2, 0.25) is 5.79 Å². The van der Waals surface area contributed by atoms with E-state index < -0.39 is 5.79 Å². The van der Waals surface area contributed by atoms with Crippen molar-refractivity contribution < 1.29 is 19.7 Å². The smallest absolute Gasteiger partial charge is 0.226 e. The number of hydrogen-bond acceptors (Lipinski definition) is 4. The Morgan fingerprint density at radius 1 is 1.47 bits per heavy atom. The molecule has 0 spiro atoms. The van der Waals surface area contributed by atoms with Gasteiger partial charge in [0.25, 0.3) is 0 Å². The van der Waals surface area contributed by atoms with E-state index >= 15 is 0 Å². The zero-order chi connectivity index (χ0) is 13.8. The lowest BCUT2D eigenvalue weighted by molar-refractivity contribution is -0.434. The van der Waals surface area contributed by atoms with Crippen LogP contribution in [0.1, 0.15) is 33.6 Å². The van der Waals surface area contributed by atoms with Crippen molar-refractivity contribution in [2.45, 2.75) is 39.4 Å². The standard InChI is InChI=1S/C15H20O4/c1-9(2)11-4-6-14(3)7-5-12(16)10-8-18-19-15(11,17)13(10)14/h5,7,9,11,17H,4,6,8H2,1-3H3. The minimum atomic E-state index is -1.46. The molecule has 2 aliphatic carbocycles. The van der Waals surface area contributed by atoms with Crippen LogP contribution in [-0.4, -0.2) is 23.3 Å². The van der Waals surface area contributed by atoms with Crippen LogP contribution in [0.5, 0.6) is 0 Å². The van der Waals surface area contributed by atoms with Crippen molar-refractivity contribution in [1.82, 2.24) is 0 Å². The van der Waals surface area contributed by atoms with Gasteiger partial charge in [-0.2, -0.15) is 4.89 Å². The molecule has 1 fully saturated rings. The summed E-state index contributed by atoms with van der Waals surface area (Å²) in [6.07, 6.45) is 5.28. The lowest BCUT2D eigenvalue weighted by atomic mass is 9.59. The van der Waals surface area contributed by atoms with Crippen LogP contribution in [0.4, 0.5) is 0 Å². The van der Waals surface area contributed by atoms with E-state index in [0.717, 1.165) is 18.4 Å². The van der Waals surface area contributed by atoms with Gasteiger partial charge >= 0.3 is 0 Å². The summed E-state index contributed by atoms with van der Waals surface area (Å²) in [4.78, 5) is 22.4. The lowest BCUT2D eigenvalue weighted by Crippen LogP contribution is -2.56. The van der Waals surface area contributed by atoms with Gasteiger partial charge in [0.1, 0.15) is 6.61 Å². The summed E-state index contributed by atoms with van der Waals surface area (Å²) in [5.41, 5.74) is 1.00. The molecule has 1 saturated carbocycles. The highest BCUT2D eigenvalue weighted by atomic mass is 17.2. The second-order valence-corrected chi connectivity index (χ2v) is 6.40. The monoisotopic (exact) mass is 264 g/mol.